The molecule has 0 amide bonds. The Labute approximate surface area is 112 Å². The van der Waals surface area contributed by atoms with E-state index < -0.39 is 0 Å². The van der Waals surface area contributed by atoms with Gasteiger partial charge in [-0.25, -0.2) is 0 Å². The van der Waals surface area contributed by atoms with Crippen molar-refractivity contribution >= 4 is 0 Å². The normalized spacial score (nSPS) is 46.9. The smallest absolute Gasteiger partial charge is 0.0723 e. The van der Waals surface area contributed by atoms with Crippen LogP contribution in [0, 0.1) is 22.7 Å². The van der Waals surface area contributed by atoms with E-state index in [0.717, 1.165) is 18.3 Å². The molecule has 0 aromatic rings. The van der Waals surface area contributed by atoms with Gasteiger partial charge in [-0.05, 0) is 61.2 Å². The molecule has 0 heterocycles. The fourth-order valence-corrected chi connectivity index (χ4v) is 5.59. The fraction of sp³-hybridized carbons (Fsp3) is 0.882. The highest BCUT2D eigenvalue weighted by molar-refractivity contribution is 5.22. The number of aliphatic hydroxyl groups is 1. The number of fused-ring (bicyclic) bond motifs is 3. The van der Waals surface area contributed by atoms with Crippen LogP contribution < -0.4 is 0 Å². The van der Waals surface area contributed by atoms with Gasteiger partial charge in [0.1, 0.15) is 0 Å². The van der Waals surface area contributed by atoms with Crippen molar-refractivity contribution in [3.63, 3.8) is 0 Å². The second kappa shape index (κ2) is 4.10. The van der Waals surface area contributed by atoms with E-state index in [4.69, 9.17) is 0 Å². The van der Waals surface area contributed by atoms with Crippen LogP contribution in [0.1, 0.15) is 65.7 Å². The van der Waals surface area contributed by atoms with Gasteiger partial charge in [-0.15, -0.1) is 0 Å². The molecule has 0 aromatic carbocycles. The van der Waals surface area contributed by atoms with Gasteiger partial charge in [0.15, 0.2) is 0 Å². The Balaban J connectivity index is 1.96. The molecule has 1 heteroatoms. The van der Waals surface area contributed by atoms with E-state index in [2.05, 4.69) is 26.8 Å². The molecule has 3 aliphatic rings. The van der Waals surface area contributed by atoms with Crippen molar-refractivity contribution in [2.24, 2.45) is 22.7 Å². The van der Waals surface area contributed by atoms with Crippen LogP contribution in [0.2, 0.25) is 0 Å². The van der Waals surface area contributed by atoms with Crippen LogP contribution in [0.4, 0.5) is 0 Å². The predicted molar refractivity (Wildman–Crippen MR) is 75.3 cm³/mol. The fourth-order valence-electron chi connectivity index (χ4n) is 5.59. The molecule has 4 atom stereocenters. The first-order chi connectivity index (χ1) is 8.43. The Bertz CT molecular complexity index is 368. The van der Waals surface area contributed by atoms with Crippen molar-refractivity contribution in [3.05, 3.63) is 11.6 Å². The van der Waals surface area contributed by atoms with Gasteiger partial charge >= 0.3 is 0 Å². The Morgan fingerprint density at radius 2 is 1.89 bits per heavy atom. The molecule has 3 rings (SSSR count). The lowest BCUT2D eigenvalue weighted by molar-refractivity contribution is -0.0597. The van der Waals surface area contributed by atoms with E-state index in [-0.39, 0.29) is 6.10 Å². The van der Waals surface area contributed by atoms with E-state index in [1.807, 2.05) is 0 Å². The lowest BCUT2D eigenvalue weighted by Crippen LogP contribution is -2.50. The average Bonchev–Trinajstić information content (AvgIpc) is 2.27. The molecule has 102 valence electrons. The first-order valence-electron chi connectivity index (χ1n) is 7.82. The van der Waals surface area contributed by atoms with E-state index in [1.54, 1.807) is 5.57 Å². The van der Waals surface area contributed by atoms with Crippen LogP contribution in [0.3, 0.4) is 0 Å². The first kappa shape index (κ1) is 12.7. The van der Waals surface area contributed by atoms with Crippen LogP contribution in [-0.2, 0) is 0 Å². The summed E-state index contributed by atoms with van der Waals surface area (Å²) in [6.45, 7) is 7.52. The summed E-state index contributed by atoms with van der Waals surface area (Å²) in [6, 6.07) is 0. The zero-order chi connectivity index (χ0) is 13.0. The van der Waals surface area contributed by atoms with Crippen LogP contribution in [-0.4, -0.2) is 11.2 Å². The summed E-state index contributed by atoms with van der Waals surface area (Å²) in [5.74, 6) is 1.65. The van der Waals surface area contributed by atoms with Crippen molar-refractivity contribution in [1.29, 1.82) is 0 Å². The lowest BCUT2D eigenvalue weighted by atomic mass is 9.46. The number of allylic oxidation sites excluding steroid dienone is 1. The molecular weight excluding hydrogens is 220 g/mol. The van der Waals surface area contributed by atoms with Gasteiger partial charge in [0.2, 0.25) is 0 Å². The zero-order valence-electron chi connectivity index (χ0n) is 12.2. The quantitative estimate of drug-likeness (QED) is 0.633. The Morgan fingerprint density at radius 1 is 1.11 bits per heavy atom. The summed E-state index contributed by atoms with van der Waals surface area (Å²) < 4.78 is 0. The largest absolute Gasteiger partial charge is 0.389 e. The maximum Gasteiger partial charge on any atom is 0.0723 e. The highest BCUT2D eigenvalue weighted by atomic mass is 16.3. The molecule has 2 saturated carbocycles. The SMILES string of the molecule is CC1(C)CCC[C@]2(C)[C@@H]3CC[C@H](O)C=C3CC[C@@H]12. The van der Waals surface area contributed by atoms with Crippen LogP contribution in [0.5, 0.6) is 0 Å². The van der Waals surface area contributed by atoms with Gasteiger partial charge < -0.3 is 5.11 Å². The molecule has 0 unspecified atom stereocenters. The van der Waals surface area contributed by atoms with E-state index in [1.165, 1.54) is 38.5 Å². The third-order valence-electron chi connectivity index (χ3n) is 6.40. The highest BCUT2D eigenvalue weighted by Crippen LogP contribution is 2.62. The lowest BCUT2D eigenvalue weighted by Gasteiger charge is -2.59. The summed E-state index contributed by atoms with van der Waals surface area (Å²) in [4.78, 5) is 0. The summed E-state index contributed by atoms with van der Waals surface area (Å²) in [5.41, 5.74) is 2.62. The van der Waals surface area contributed by atoms with Crippen LogP contribution >= 0.6 is 0 Å². The average molecular weight is 248 g/mol. The molecule has 0 bridgehead atoms. The molecular formula is C17H28O. The maximum absolute atomic E-state index is 9.85. The highest BCUT2D eigenvalue weighted by Gasteiger charge is 2.53. The molecule has 1 N–H and O–H groups in total. The third-order valence-corrected chi connectivity index (χ3v) is 6.40. The molecule has 3 aliphatic carbocycles. The van der Waals surface area contributed by atoms with Gasteiger partial charge in [0.05, 0.1) is 6.10 Å². The number of rotatable bonds is 0. The second-order valence-electron chi connectivity index (χ2n) is 7.88. The molecule has 2 fully saturated rings. The Kier molecular flexibility index (Phi) is 2.89. The van der Waals surface area contributed by atoms with Gasteiger partial charge in [-0.3, -0.25) is 0 Å². The first-order valence-corrected chi connectivity index (χ1v) is 7.82. The summed E-state index contributed by atoms with van der Waals surface area (Å²) in [6.07, 6.45) is 11.0. The molecule has 0 aromatic heterocycles. The Morgan fingerprint density at radius 3 is 2.67 bits per heavy atom. The van der Waals surface area contributed by atoms with Crippen molar-refractivity contribution in [1.82, 2.24) is 0 Å². The van der Waals surface area contributed by atoms with Gasteiger partial charge in [-0.2, -0.15) is 0 Å². The number of aliphatic hydroxyl groups excluding tert-OH is 1. The van der Waals surface area contributed by atoms with Crippen LogP contribution in [0.25, 0.3) is 0 Å². The van der Waals surface area contributed by atoms with E-state index in [0.29, 0.717) is 10.8 Å². The minimum Gasteiger partial charge on any atom is -0.389 e. The summed E-state index contributed by atoms with van der Waals surface area (Å²) in [5, 5.41) is 9.85. The summed E-state index contributed by atoms with van der Waals surface area (Å²) in [7, 11) is 0. The third kappa shape index (κ3) is 1.78. The minimum atomic E-state index is -0.159. The maximum atomic E-state index is 9.85. The molecule has 0 saturated heterocycles. The molecule has 0 spiro atoms. The van der Waals surface area contributed by atoms with E-state index in [9.17, 15) is 5.11 Å². The van der Waals surface area contributed by atoms with Crippen molar-refractivity contribution in [3.8, 4) is 0 Å². The van der Waals surface area contributed by atoms with Gasteiger partial charge in [0, 0.05) is 0 Å². The molecule has 0 aliphatic heterocycles. The molecule has 18 heavy (non-hydrogen) atoms. The molecule has 1 nitrogen and oxygen atoms in total. The topological polar surface area (TPSA) is 20.2 Å². The van der Waals surface area contributed by atoms with E-state index >= 15 is 0 Å². The zero-order valence-corrected chi connectivity index (χ0v) is 12.2. The number of hydrogen-bond donors (Lipinski definition) is 1. The van der Waals surface area contributed by atoms with Gasteiger partial charge in [-0.1, -0.05) is 38.8 Å². The predicted octanol–water partition coefficient (Wildman–Crippen LogP) is 4.31. The van der Waals surface area contributed by atoms with Crippen molar-refractivity contribution < 1.29 is 5.11 Å². The Hall–Kier alpha value is -0.300. The minimum absolute atomic E-state index is 0.159. The van der Waals surface area contributed by atoms with Crippen molar-refractivity contribution in [2.45, 2.75) is 71.8 Å². The van der Waals surface area contributed by atoms with Crippen molar-refractivity contribution in [2.75, 3.05) is 0 Å². The number of hydrogen-bond acceptors (Lipinski definition) is 1. The molecule has 0 radical (unpaired) electrons. The standard InChI is InChI=1S/C17H28O/c1-16(2)9-4-10-17(3)14-7-6-13(18)11-12(14)5-8-15(16)17/h11,13-15,18H,4-10H2,1-3H3/t13-,14+,15-,17+/m0/s1. The van der Waals surface area contributed by atoms with Crippen LogP contribution in [0.15, 0.2) is 11.6 Å². The second-order valence-corrected chi connectivity index (χ2v) is 7.88. The monoisotopic (exact) mass is 248 g/mol. The van der Waals surface area contributed by atoms with Gasteiger partial charge in [0.25, 0.3) is 0 Å². The summed E-state index contributed by atoms with van der Waals surface area (Å²) >= 11 is 0.